The van der Waals surface area contributed by atoms with Gasteiger partial charge in [-0.05, 0) is 91.1 Å². The van der Waals surface area contributed by atoms with Gasteiger partial charge in [0, 0.05) is 18.6 Å². The molecule has 2 nitrogen and oxygen atoms in total. The Bertz CT molecular complexity index is 611. The van der Waals surface area contributed by atoms with E-state index in [0.29, 0.717) is 6.61 Å². The highest BCUT2D eigenvalue weighted by Crippen LogP contribution is 2.32. The fraction of sp³-hybridized carbons (Fsp3) is 0.805. The number of allylic oxidation sites excluding steroid dienone is 8. The molecule has 1 N–H and O–H groups in total. The number of unbranched alkanes of at least 4 members (excludes halogenated alkanes) is 18. The first-order chi connectivity index (χ1) is 21.1. The summed E-state index contributed by atoms with van der Waals surface area (Å²) in [5.41, 5.74) is 0.0913. The number of rotatable bonds is 33. The minimum absolute atomic E-state index is 0.0913. The molecule has 252 valence electrons. The van der Waals surface area contributed by atoms with Gasteiger partial charge in [-0.15, -0.1) is 0 Å². The van der Waals surface area contributed by atoms with Crippen LogP contribution in [0.25, 0.3) is 0 Å². The molecule has 0 saturated carbocycles. The van der Waals surface area contributed by atoms with Gasteiger partial charge in [-0.3, -0.25) is 0 Å². The zero-order valence-corrected chi connectivity index (χ0v) is 29.8. The summed E-state index contributed by atoms with van der Waals surface area (Å²) in [6.45, 7) is 5.89. The lowest BCUT2D eigenvalue weighted by molar-refractivity contribution is 0.0690. The Morgan fingerprint density at radius 1 is 0.442 bits per heavy atom. The van der Waals surface area contributed by atoms with E-state index in [4.69, 9.17) is 0 Å². The Kier molecular flexibility index (Phi) is 32.9. The molecular weight excluding hydrogens is 522 g/mol. The summed E-state index contributed by atoms with van der Waals surface area (Å²) in [5.74, 6) is 0. The third kappa shape index (κ3) is 30.7. The van der Waals surface area contributed by atoms with Crippen LogP contribution >= 0.6 is 0 Å². The van der Waals surface area contributed by atoms with Crippen molar-refractivity contribution in [1.29, 1.82) is 0 Å². The second-order valence-corrected chi connectivity index (χ2v) is 13.6. The molecule has 0 aliphatic heterocycles. The van der Waals surface area contributed by atoms with Crippen molar-refractivity contribution in [2.45, 2.75) is 181 Å². The molecule has 0 saturated heterocycles. The highest BCUT2D eigenvalue weighted by molar-refractivity contribution is 4.93. The minimum Gasteiger partial charge on any atom is -0.396 e. The third-order valence-corrected chi connectivity index (χ3v) is 8.80. The Morgan fingerprint density at radius 2 is 0.767 bits per heavy atom. The smallest absolute Gasteiger partial charge is 0.0499 e. The van der Waals surface area contributed by atoms with Gasteiger partial charge in [0.2, 0.25) is 0 Å². The molecule has 0 heterocycles. The van der Waals surface area contributed by atoms with E-state index in [1.165, 1.54) is 154 Å². The molecular formula is C41H77NO. The van der Waals surface area contributed by atoms with Gasteiger partial charge >= 0.3 is 0 Å². The van der Waals surface area contributed by atoms with Crippen LogP contribution in [0.15, 0.2) is 48.6 Å². The summed E-state index contributed by atoms with van der Waals surface area (Å²) in [6.07, 6.45) is 52.2. The largest absolute Gasteiger partial charge is 0.396 e. The molecule has 0 aromatic heterocycles. The molecule has 0 rings (SSSR count). The first-order valence-corrected chi connectivity index (χ1v) is 19.0. The molecule has 0 amide bonds. The van der Waals surface area contributed by atoms with E-state index in [-0.39, 0.29) is 5.41 Å². The van der Waals surface area contributed by atoms with Gasteiger partial charge in [-0.2, -0.15) is 0 Å². The SMILES string of the molecule is CCCCC/C=C\C/C=C\CCCCCCCCC(CO)(CCCCCCCC/C=C\C/C=C\CCCCC)CN(C)C. The van der Waals surface area contributed by atoms with Gasteiger partial charge in [0.15, 0.2) is 0 Å². The third-order valence-electron chi connectivity index (χ3n) is 8.80. The number of hydrogen-bond donors (Lipinski definition) is 1. The van der Waals surface area contributed by atoms with Crippen molar-refractivity contribution in [3.63, 3.8) is 0 Å². The van der Waals surface area contributed by atoms with Gasteiger partial charge in [-0.25, -0.2) is 0 Å². The first-order valence-electron chi connectivity index (χ1n) is 19.0. The van der Waals surface area contributed by atoms with E-state index in [1.54, 1.807) is 0 Å². The molecule has 0 bridgehead atoms. The van der Waals surface area contributed by atoms with Gasteiger partial charge in [-0.1, -0.05) is 152 Å². The van der Waals surface area contributed by atoms with E-state index < -0.39 is 0 Å². The summed E-state index contributed by atoms with van der Waals surface area (Å²) < 4.78 is 0. The lowest BCUT2D eigenvalue weighted by Crippen LogP contribution is -2.37. The molecule has 0 aliphatic carbocycles. The quantitative estimate of drug-likeness (QED) is 0.0599. The molecule has 0 fully saturated rings. The lowest BCUT2D eigenvalue weighted by atomic mass is 9.78. The van der Waals surface area contributed by atoms with Crippen molar-refractivity contribution >= 4 is 0 Å². The molecule has 43 heavy (non-hydrogen) atoms. The zero-order chi connectivity index (χ0) is 31.5. The number of hydrogen-bond acceptors (Lipinski definition) is 2. The van der Waals surface area contributed by atoms with Gasteiger partial charge in [0.25, 0.3) is 0 Å². The molecule has 0 aliphatic rings. The summed E-state index contributed by atoms with van der Waals surface area (Å²) in [7, 11) is 4.34. The van der Waals surface area contributed by atoms with Crippen molar-refractivity contribution in [2.24, 2.45) is 5.41 Å². The maximum atomic E-state index is 10.4. The van der Waals surface area contributed by atoms with Crippen molar-refractivity contribution in [3.05, 3.63) is 48.6 Å². The van der Waals surface area contributed by atoms with Gasteiger partial charge in [0.05, 0.1) is 0 Å². The standard InChI is InChI=1S/C41H77NO/c1-5-7-9-11-13-15-17-19-21-23-25-27-29-31-33-35-37-41(40-43,39-42(3)4)38-36-34-32-30-28-26-24-22-20-18-16-14-12-10-8-6-2/h13-16,19-22,43H,5-12,17-18,23-40H2,1-4H3/b15-13-,16-14-,21-19-,22-20-. The molecule has 0 atom stereocenters. The van der Waals surface area contributed by atoms with Crippen LogP contribution in [0.3, 0.4) is 0 Å². The highest BCUT2D eigenvalue weighted by Gasteiger charge is 2.29. The van der Waals surface area contributed by atoms with Crippen LogP contribution in [-0.4, -0.2) is 37.3 Å². The average molecular weight is 600 g/mol. The summed E-state index contributed by atoms with van der Waals surface area (Å²) in [4.78, 5) is 2.29. The summed E-state index contributed by atoms with van der Waals surface area (Å²) >= 11 is 0. The summed E-state index contributed by atoms with van der Waals surface area (Å²) in [6, 6.07) is 0. The minimum atomic E-state index is 0.0913. The van der Waals surface area contributed by atoms with Crippen LogP contribution in [0.5, 0.6) is 0 Å². The molecule has 0 radical (unpaired) electrons. The number of aliphatic hydroxyl groups excluding tert-OH is 1. The van der Waals surface area contributed by atoms with Crippen molar-refractivity contribution in [2.75, 3.05) is 27.2 Å². The van der Waals surface area contributed by atoms with Crippen LogP contribution in [0.1, 0.15) is 181 Å². The second kappa shape index (κ2) is 33.8. The molecule has 0 unspecified atom stereocenters. The van der Waals surface area contributed by atoms with E-state index >= 15 is 0 Å². The summed E-state index contributed by atoms with van der Waals surface area (Å²) in [5, 5.41) is 10.4. The number of aliphatic hydroxyl groups is 1. The van der Waals surface area contributed by atoms with Gasteiger partial charge < -0.3 is 10.0 Å². The maximum absolute atomic E-state index is 10.4. The zero-order valence-electron chi connectivity index (χ0n) is 29.8. The van der Waals surface area contributed by atoms with Crippen molar-refractivity contribution < 1.29 is 5.11 Å². The van der Waals surface area contributed by atoms with E-state index in [1.807, 2.05) is 0 Å². The predicted molar refractivity (Wildman–Crippen MR) is 196 cm³/mol. The first kappa shape index (κ1) is 41.9. The molecule has 0 aromatic carbocycles. The second-order valence-electron chi connectivity index (χ2n) is 13.6. The van der Waals surface area contributed by atoms with Crippen LogP contribution < -0.4 is 0 Å². The highest BCUT2D eigenvalue weighted by atomic mass is 16.3. The van der Waals surface area contributed by atoms with Gasteiger partial charge in [0.1, 0.15) is 0 Å². The number of nitrogens with zero attached hydrogens (tertiary/aromatic N) is 1. The Hall–Kier alpha value is -1.12. The maximum Gasteiger partial charge on any atom is 0.0499 e. The van der Waals surface area contributed by atoms with Crippen LogP contribution in [0.4, 0.5) is 0 Å². The van der Waals surface area contributed by atoms with Crippen LogP contribution in [0.2, 0.25) is 0 Å². The molecule has 0 spiro atoms. The monoisotopic (exact) mass is 600 g/mol. The fourth-order valence-corrected chi connectivity index (χ4v) is 6.14. The average Bonchev–Trinajstić information content (AvgIpc) is 3.00. The Morgan fingerprint density at radius 3 is 1.09 bits per heavy atom. The van der Waals surface area contributed by atoms with Crippen LogP contribution in [-0.2, 0) is 0 Å². The van der Waals surface area contributed by atoms with Crippen molar-refractivity contribution in [1.82, 2.24) is 4.90 Å². The Labute approximate surface area is 271 Å². The van der Waals surface area contributed by atoms with E-state index in [0.717, 1.165) is 19.4 Å². The normalized spacial score (nSPS) is 12.9. The molecule has 0 aromatic rings. The fourth-order valence-electron chi connectivity index (χ4n) is 6.14. The van der Waals surface area contributed by atoms with Crippen LogP contribution in [0, 0.1) is 5.41 Å². The predicted octanol–water partition coefficient (Wildman–Crippen LogP) is 12.9. The molecule has 2 heteroatoms. The topological polar surface area (TPSA) is 23.5 Å². The van der Waals surface area contributed by atoms with Crippen molar-refractivity contribution in [3.8, 4) is 0 Å². The van der Waals surface area contributed by atoms with E-state index in [9.17, 15) is 5.11 Å². The lowest BCUT2D eigenvalue weighted by Gasteiger charge is -2.35. The van der Waals surface area contributed by atoms with E-state index in [2.05, 4.69) is 81.5 Å². The Balaban J connectivity index is 3.89.